The molecule has 4 aromatic heterocycles. The molecule has 0 radical (unpaired) electrons. The van der Waals surface area contributed by atoms with Crippen LogP contribution in [0.25, 0.3) is 28.2 Å². The predicted octanol–water partition coefficient (Wildman–Crippen LogP) is 4.58. The minimum atomic E-state index is 0.744. The van der Waals surface area contributed by atoms with Crippen molar-refractivity contribution in [3.8, 4) is 22.5 Å². The second-order valence-corrected chi connectivity index (χ2v) is 9.26. The lowest BCUT2D eigenvalue weighted by atomic mass is 10.0. The van der Waals surface area contributed by atoms with Crippen LogP contribution in [0.3, 0.4) is 0 Å². The van der Waals surface area contributed by atoms with Crippen LogP contribution in [-0.2, 0) is 0 Å². The summed E-state index contributed by atoms with van der Waals surface area (Å²) >= 11 is 1.69. The molecule has 0 unspecified atom stereocenters. The lowest BCUT2D eigenvalue weighted by molar-refractivity contribution is 0.207. The Morgan fingerprint density at radius 3 is 2.42 bits per heavy atom. The van der Waals surface area contributed by atoms with Gasteiger partial charge in [0.05, 0.1) is 5.69 Å². The van der Waals surface area contributed by atoms with Crippen LogP contribution in [0.15, 0.2) is 53.5 Å². The molecule has 2 aliphatic rings. The van der Waals surface area contributed by atoms with Crippen molar-refractivity contribution in [2.45, 2.75) is 31.7 Å². The van der Waals surface area contributed by atoms with E-state index in [4.69, 9.17) is 10.1 Å². The molecule has 2 aliphatic heterocycles. The van der Waals surface area contributed by atoms with E-state index in [-0.39, 0.29) is 0 Å². The zero-order valence-corrected chi connectivity index (χ0v) is 18.3. The molecule has 0 atom stereocenters. The Labute approximate surface area is 186 Å². The first-order valence-electron chi connectivity index (χ1n) is 11.2. The first-order valence-corrected chi connectivity index (χ1v) is 12.1. The SMILES string of the molecule is c1cc(-c2c(-c3ccsc3)nc3ccc(N4CCC(N5CCCC5)CC4)nn23)ccn1. The van der Waals surface area contributed by atoms with E-state index in [1.807, 2.05) is 29.0 Å². The van der Waals surface area contributed by atoms with Crippen molar-refractivity contribution in [1.29, 1.82) is 0 Å². The van der Waals surface area contributed by atoms with Gasteiger partial charge in [0.2, 0.25) is 0 Å². The summed E-state index contributed by atoms with van der Waals surface area (Å²) in [6, 6.07) is 11.2. The van der Waals surface area contributed by atoms with E-state index in [1.165, 1.54) is 38.8 Å². The summed E-state index contributed by atoms with van der Waals surface area (Å²) in [5.41, 5.74) is 5.11. The van der Waals surface area contributed by atoms with Crippen molar-refractivity contribution in [3.05, 3.63) is 53.5 Å². The molecule has 0 amide bonds. The number of piperidine rings is 1. The molecule has 2 fully saturated rings. The van der Waals surface area contributed by atoms with Crippen LogP contribution in [0.4, 0.5) is 5.82 Å². The molecule has 7 heteroatoms. The van der Waals surface area contributed by atoms with Crippen LogP contribution in [0.1, 0.15) is 25.7 Å². The van der Waals surface area contributed by atoms with Crippen LogP contribution in [0.2, 0.25) is 0 Å². The molecule has 0 aliphatic carbocycles. The second kappa shape index (κ2) is 8.05. The normalized spacial score (nSPS) is 18.3. The third-order valence-electron chi connectivity index (χ3n) is 6.66. The van der Waals surface area contributed by atoms with E-state index in [0.717, 1.165) is 53.1 Å². The molecule has 158 valence electrons. The maximum atomic E-state index is 5.08. The summed E-state index contributed by atoms with van der Waals surface area (Å²) in [5, 5.41) is 9.32. The fraction of sp³-hybridized carbons (Fsp3) is 0.375. The molecule has 2 saturated heterocycles. The number of fused-ring (bicyclic) bond motifs is 1. The Kier molecular flexibility index (Phi) is 4.92. The molecule has 31 heavy (non-hydrogen) atoms. The summed E-state index contributed by atoms with van der Waals surface area (Å²) in [5.74, 6) is 1.04. The van der Waals surface area contributed by atoms with E-state index in [9.17, 15) is 0 Å². The Morgan fingerprint density at radius 2 is 1.68 bits per heavy atom. The molecule has 4 aromatic rings. The Hall–Kier alpha value is -2.77. The largest absolute Gasteiger partial charge is 0.355 e. The highest BCUT2D eigenvalue weighted by Gasteiger charge is 2.27. The number of pyridine rings is 1. The number of thiophene rings is 1. The molecule has 0 aromatic carbocycles. The molecular weight excluding hydrogens is 404 g/mol. The zero-order valence-electron chi connectivity index (χ0n) is 17.5. The summed E-state index contributed by atoms with van der Waals surface area (Å²) in [6.07, 6.45) is 8.84. The van der Waals surface area contributed by atoms with Gasteiger partial charge in [-0.1, -0.05) is 0 Å². The number of aromatic nitrogens is 4. The first-order chi connectivity index (χ1) is 15.4. The molecule has 0 saturated carbocycles. The standard InChI is InChI=1S/C24H26N6S/c1-2-13-28(12-1)20-7-14-29(15-8-20)22-4-3-21-26-23(19-9-16-31-17-19)24(30(21)27-22)18-5-10-25-11-6-18/h3-6,9-11,16-17,20H,1-2,7-8,12-15H2. The van der Waals surface area contributed by atoms with Gasteiger partial charge in [-0.05, 0) is 74.5 Å². The number of hydrogen-bond donors (Lipinski definition) is 0. The van der Waals surface area contributed by atoms with Crippen molar-refractivity contribution in [3.63, 3.8) is 0 Å². The molecule has 6 rings (SSSR count). The van der Waals surface area contributed by atoms with Gasteiger partial charge in [-0.2, -0.15) is 11.3 Å². The van der Waals surface area contributed by atoms with Crippen LogP contribution in [-0.4, -0.2) is 56.7 Å². The summed E-state index contributed by atoms with van der Waals surface area (Å²) in [6.45, 7) is 4.70. The van der Waals surface area contributed by atoms with Gasteiger partial charge in [0.15, 0.2) is 5.65 Å². The van der Waals surface area contributed by atoms with Gasteiger partial charge in [-0.15, -0.1) is 5.10 Å². The summed E-state index contributed by atoms with van der Waals surface area (Å²) in [4.78, 5) is 14.3. The van der Waals surface area contributed by atoms with Gasteiger partial charge in [0, 0.05) is 48.0 Å². The molecular formula is C24H26N6S. The van der Waals surface area contributed by atoms with E-state index < -0.39 is 0 Å². The van der Waals surface area contributed by atoms with Crippen LogP contribution < -0.4 is 4.90 Å². The molecule has 6 heterocycles. The number of hydrogen-bond acceptors (Lipinski definition) is 6. The number of anilines is 1. The maximum Gasteiger partial charge on any atom is 0.155 e. The average molecular weight is 431 g/mol. The van der Waals surface area contributed by atoms with Crippen molar-refractivity contribution < 1.29 is 0 Å². The van der Waals surface area contributed by atoms with E-state index in [0.29, 0.717) is 0 Å². The van der Waals surface area contributed by atoms with E-state index in [2.05, 4.69) is 43.7 Å². The predicted molar refractivity (Wildman–Crippen MR) is 126 cm³/mol. The van der Waals surface area contributed by atoms with E-state index in [1.54, 1.807) is 11.3 Å². The zero-order chi connectivity index (χ0) is 20.6. The molecule has 0 spiro atoms. The van der Waals surface area contributed by atoms with Gasteiger partial charge in [0.25, 0.3) is 0 Å². The first kappa shape index (κ1) is 19.0. The van der Waals surface area contributed by atoms with Crippen LogP contribution >= 0.6 is 11.3 Å². The van der Waals surface area contributed by atoms with Crippen LogP contribution in [0, 0.1) is 0 Å². The Bertz CT molecular complexity index is 1160. The molecule has 0 N–H and O–H groups in total. The van der Waals surface area contributed by atoms with Crippen molar-refractivity contribution in [2.75, 3.05) is 31.1 Å². The molecule has 0 bridgehead atoms. The minimum absolute atomic E-state index is 0.744. The fourth-order valence-electron chi connectivity index (χ4n) is 5.03. The number of likely N-dealkylation sites (tertiary alicyclic amines) is 1. The lowest BCUT2D eigenvalue weighted by Crippen LogP contribution is -2.44. The quantitative estimate of drug-likeness (QED) is 0.474. The number of rotatable bonds is 4. The molecule has 6 nitrogen and oxygen atoms in total. The topological polar surface area (TPSA) is 49.6 Å². The van der Waals surface area contributed by atoms with Crippen molar-refractivity contribution in [2.24, 2.45) is 0 Å². The smallest absolute Gasteiger partial charge is 0.155 e. The average Bonchev–Trinajstić information content (AvgIpc) is 3.60. The van der Waals surface area contributed by atoms with Crippen molar-refractivity contribution in [1.82, 2.24) is 24.5 Å². The minimum Gasteiger partial charge on any atom is -0.355 e. The van der Waals surface area contributed by atoms with Gasteiger partial charge in [-0.25, -0.2) is 9.50 Å². The van der Waals surface area contributed by atoms with Gasteiger partial charge in [0.1, 0.15) is 11.5 Å². The van der Waals surface area contributed by atoms with Gasteiger partial charge in [-0.3, -0.25) is 4.98 Å². The maximum absolute atomic E-state index is 5.08. The van der Waals surface area contributed by atoms with Crippen LogP contribution in [0.5, 0.6) is 0 Å². The van der Waals surface area contributed by atoms with Crippen molar-refractivity contribution >= 4 is 22.8 Å². The Balaban J connectivity index is 1.36. The van der Waals surface area contributed by atoms with Gasteiger partial charge < -0.3 is 9.80 Å². The lowest BCUT2D eigenvalue weighted by Gasteiger charge is -2.37. The fourth-order valence-corrected chi connectivity index (χ4v) is 5.67. The third-order valence-corrected chi connectivity index (χ3v) is 7.34. The summed E-state index contributed by atoms with van der Waals surface area (Å²) < 4.78 is 2.02. The highest BCUT2D eigenvalue weighted by Crippen LogP contribution is 2.34. The number of imidazole rings is 1. The summed E-state index contributed by atoms with van der Waals surface area (Å²) in [7, 11) is 0. The van der Waals surface area contributed by atoms with Gasteiger partial charge >= 0.3 is 0 Å². The monoisotopic (exact) mass is 430 g/mol. The highest BCUT2D eigenvalue weighted by molar-refractivity contribution is 7.08. The highest BCUT2D eigenvalue weighted by atomic mass is 32.1. The number of nitrogens with zero attached hydrogens (tertiary/aromatic N) is 6. The van der Waals surface area contributed by atoms with E-state index >= 15 is 0 Å². The third kappa shape index (κ3) is 3.51. The Morgan fingerprint density at radius 1 is 0.871 bits per heavy atom. The second-order valence-electron chi connectivity index (χ2n) is 8.48.